The number of benzene rings is 4. The number of hydrogen-bond acceptors (Lipinski definition) is 7. The van der Waals surface area contributed by atoms with Crippen molar-refractivity contribution in [1.82, 2.24) is 9.80 Å². The molecule has 4 aromatic carbocycles. The largest absolute Gasteiger partial charge is 0.495 e. The molecule has 0 aliphatic carbocycles. The zero-order valence-corrected chi connectivity index (χ0v) is 26.3. The molecule has 4 amide bonds. The summed E-state index contributed by atoms with van der Waals surface area (Å²) in [5.41, 5.74) is 2.27. The zero-order chi connectivity index (χ0) is 35.0. The number of piperazine rings is 1. The minimum absolute atomic E-state index is 0.187. The highest BCUT2D eigenvalue weighted by Crippen LogP contribution is 2.25. The fourth-order valence-electron chi connectivity index (χ4n) is 5.08. The maximum absolute atomic E-state index is 13.3. The second-order valence-electron chi connectivity index (χ2n) is 10.9. The van der Waals surface area contributed by atoms with Crippen LogP contribution in [0.1, 0.15) is 26.3 Å². The summed E-state index contributed by atoms with van der Waals surface area (Å²) >= 11 is 0. The molecule has 0 unspecified atom stereocenters. The summed E-state index contributed by atoms with van der Waals surface area (Å²) in [6.45, 7) is 2.49. The topological polar surface area (TPSA) is 121 Å². The van der Waals surface area contributed by atoms with Crippen LogP contribution >= 0.6 is 0 Å². The Balaban J connectivity index is 1.18. The van der Waals surface area contributed by atoms with Gasteiger partial charge in [0, 0.05) is 49.5 Å². The first-order valence-electron chi connectivity index (χ1n) is 15.1. The number of alkyl halides is 3. The Hall–Kier alpha value is -5.89. The average Bonchev–Trinajstić information content (AvgIpc) is 3.11. The Labute approximate surface area is 279 Å². The molecule has 1 fully saturated rings. The predicted octanol–water partition coefficient (Wildman–Crippen LogP) is 5.96. The number of rotatable bonds is 8. The number of carbonyl (C=O) groups is 4. The van der Waals surface area contributed by atoms with Crippen LogP contribution in [-0.4, -0.2) is 73.1 Å². The van der Waals surface area contributed by atoms with E-state index >= 15 is 0 Å². The fourth-order valence-corrected chi connectivity index (χ4v) is 5.08. The maximum Gasteiger partial charge on any atom is 0.493 e. The lowest BCUT2D eigenvalue weighted by molar-refractivity contribution is -0.199. The van der Waals surface area contributed by atoms with Gasteiger partial charge in [0.1, 0.15) is 5.75 Å². The first kappa shape index (κ1) is 34.4. The fraction of sp³-hybridized carbons (Fsp3) is 0.200. The van der Waals surface area contributed by atoms with Crippen LogP contribution in [0.15, 0.2) is 103 Å². The summed E-state index contributed by atoms with van der Waals surface area (Å²) in [4.78, 5) is 58.8. The molecule has 5 rings (SSSR count). The second kappa shape index (κ2) is 15.3. The van der Waals surface area contributed by atoms with E-state index in [1.807, 2.05) is 24.3 Å². The SMILES string of the molecule is COc1ccccc1NC(=O)c1cccc(CN2CCN(C(=O)c3ccc(N(OC(=O)C(F)(F)F)C(=O)Nc4ccccc4)cc3)CC2)c1. The molecule has 254 valence electrons. The number of carbonyl (C=O) groups excluding carboxylic acids is 4. The molecular weight excluding hydrogens is 643 g/mol. The van der Waals surface area contributed by atoms with Gasteiger partial charge in [0.2, 0.25) is 0 Å². The van der Waals surface area contributed by atoms with Gasteiger partial charge < -0.3 is 25.1 Å². The van der Waals surface area contributed by atoms with Crippen molar-refractivity contribution in [2.75, 3.05) is 49.0 Å². The van der Waals surface area contributed by atoms with Gasteiger partial charge in [-0.1, -0.05) is 42.5 Å². The number of hydroxylamine groups is 1. The number of nitrogens with one attached hydrogen (secondary N) is 2. The normalized spacial score (nSPS) is 13.3. The summed E-state index contributed by atoms with van der Waals surface area (Å²) in [6.07, 6.45) is -5.35. The molecule has 2 N–H and O–H groups in total. The van der Waals surface area contributed by atoms with Gasteiger partial charge in [-0.3, -0.25) is 14.5 Å². The van der Waals surface area contributed by atoms with Crippen LogP contribution in [0.5, 0.6) is 5.75 Å². The van der Waals surface area contributed by atoms with E-state index in [2.05, 4.69) is 20.4 Å². The van der Waals surface area contributed by atoms with E-state index in [0.29, 0.717) is 49.7 Å². The van der Waals surface area contributed by atoms with Crippen molar-refractivity contribution in [3.8, 4) is 5.75 Å². The first-order chi connectivity index (χ1) is 23.5. The third-order valence-corrected chi connectivity index (χ3v) is 7.57. The lowest BCUT2D eigenvalue weighted by atomic mass is 10.1. The Bertz CT molecular complexity index is 1800. The zero-order valence-electron chi connectivity index (χ0n) is 26.3. The van der Waals surface area contributed by atoms with Gasteiger partial charge in [0.15, 0.2) is 0 Å². The van der Waals surface area contributed by atoms with E-state index in [-0.39, 0.29) is 33.8 Å². The highest BCUT2D eigenvalue weighted by molar-refractivity contribution is 6.05. The van der Waals surface area contributed by atoms with Gasteiger partial charge >= 0.3 is 18.2 Å². The molecule has 1 heterocycles. The average molecular weight is 676 g/mol. The van der Waals surface area contributed by atoms with E-state index < -0.39 is 18.2 Å². The summed E-state index contributed by atoms with van der Waals surface area (Å²) in [5.74, 6) is -2.62. The van der Waals surface area contributed by atoms with Crippen LogP contribution in [0.25, 0.3) is 0 Å². The number of urea groups is 1. The number of anilines is 3. The Kier molecular flexibility index (Phi) is 10.8. The number of halogens is 3. The number of amides is 4. The van der Waals surface area contributed by atoms with Crippen molar-refractivity contribution in [1.29, 1.82) is 0 Å². The van der Waals surface area contributed by atoms with Crippen LogP contribution in [0.3, 0.4) is 0 Å². The molecule has 11 nitrogen and oxygen atoms in total. The lowest BCUT2D eigenvalue weighted by Crippen LogP contribution is -2.48. The quantitative estimate of drug-likeness (QED) is 0.221. The maximum atomic E-state index is 13.3. The van der Waals surface area contributed by atoms with Crippen molar-refractivity contribution in [2.24, 2.45) is 0 Å². The molecule has 0 radical (unpaired) electrons. The lowest BCUT2D eigenvalue weighted by Gasteiger charge is -2.35. The van der Waals surface area contributed by atoms with E-state index in [0.717, 1.165) is 5.56 Å². The van der Waals surface area contributed by atoms with Crippen molar-refractivity contribution in [3.05, 3.63) is 120 Å². The van der Waals surface area contributed by atoms with E-state index in [4.69, 9.17) is 4.74 Å². The number of methoxy groups -OCH3 is 1. The highest BCUT2D eigenvalue weighted by atomic mass is 19.4. The number of hydrogen-bond donors (Lipinski definition) is 2. The molecule has 0 aromatic heterocycles. The first-order valence-corrected chi connectivity index (χ1v) is 15.1. The van der Waals surface area contributed by atoms with Gasteiger partial charge in [0.05, 0.1) is 18.5 Å². The van der Waals surface area contributed by atoms with Gasteiger partial charge in [0.25, 0.3) is 11.8 Å². The number of ether oxygens (including phenoxy) is 1. The second-order valence-corrected chi connectivity index (χ2v) is 10.9. The van der Waals surface area contributed by atoms with Gasteiger partial charge in [-0.05, 0) is 66.2 Å². The van der Waals surface area contributed by atoms with Gasteiger partial charge in [-0.25, -0.2) is 9.59 Å². The molecule has 0 saturated carbocycles. The Morgan fingerprint density at radius 1 is 0.776 bits per heavy atom. The summed E-state index contributed by atoms with van der Waals surface area (Å²) in [6, 6.07) is 26.3. The van der Waals surface area contributed by atoms with E-state index in [9.17, 15) is 32.3 Å². The standard InChI is InChI=1S/C35H32F3N5O6/c1-48-30-13-6-5-12-29(30)40-31(44)26-9-7-8-24(22-26)23-41-18-20-42(21-19-41)32(45)25-14-16-28(17-15-25)43(49-33(46)35(36,37)38)34(47)39-27-10-3-2-4-11-27/h2-17,22H,18-21,23H2,1H3,(H,39,47)(H,40,44). The third kappa shape index (κ3) is 8.93. The van der Waals surface area contributed by atoms with E-state index in [1.54, 1.807) is 47.4 Å². The van der Waals surface area contributed by atoms with Crippen LogP contribution in [0.2, 0.25) is 0 Å². The minimum Gasteiger partial charge on any atom is -0.495 e. The molecule has 49 heavy (non-hydrogen) atoms. The molecule has 1 saturated heterocycles. The summed E-state index contributed by atoms with van der Waals surface area (Å²) in [7, 11) is 1.53. The predicted molar refractivity (Wildman–Crippen MR) is 175 cm³/mol. The van der Waals surface area contributed by atoms with Gasteiger partial charge in [-0.2, -0.15) is 13.2 Å². The smallest absolute Gasteiger partial charge is 0.493 e. The molecule has 1 aliphatic rings. The minimum atomic E-state index is -5.35. The van der Waals surface area contributed by atoms with E-state index in [1.165, 1.54) is 43.5 Å². The molecule has 0 atom stereocenters. The Morgan fingerprint density at radius 2 is 1.45 bits per heavy atom. The van der Waals surface area contributed by atoms with Crippen molar-refractivity contribution < 1.29 is 41.9 Å². The van der Waals surface area contributed by atoms with Crippen LogP contribution < -0.4 is 20.4 Å². The molecular formula is C35H32F3N5O6. The van der Waals surface area contributed by atoms with Crippen molar-refractivity contribution >= 4 is 40.9 Å². The number of nitrogens with zero attached hydrogens (tertiary/aromatic N) is 3. The molecule has 4 aromatic rings. The van der Waals surface area contributed by atoms with Gasteiger partial charge in [-0.15, -0.1) is 5.06 Å². The summed E-state index contributed by atoms with van der Waals surface area (Å²) in [5, 5.41) is 5.43. The molecule has 14 heteroatoms. The van der Waals surface area contributed by atoms with Crippen LogP contribution in [0, 0.1) is 0 Å². The van der Waals surface area contributed by atoms with Crippen LogP contribution in [-0.2, 0) is 16.2 Å². The number of para-hydroxylation sites is 3. The molecule has 1 aliphatic heterocycles. The van der Waals surface area contributed by atoms with Crippen LogP contribution in [0.4, 0.5) is 35.0 Å². The third-order valence-electron chi connectivity index (χ3n) is 7.57. The molecule has 0 bridgehead atoms. The Morgan fingerprint density at radius 3 is 2.12 bits per heavy atom. The van der Waals surface area contributed by atoms with Crippen molar-refractivity contribution in [2.45, 2.75) is 12.7 Å². The highest BCUT2D eigenvalue weighted by Gasteiger charge is 2.44. The summed E-state index contributed by atoms with van der Waals surface area (Å²) < 4.78 is 44.3. The molecule has 0 spiro atoms. The monoisotopic (exact) mass is 675 g/mol. The van der Waals surface area contributed by atoms with Crippen molar-refractivity contribution in [3.63, 3.8) is 0 Å².